The molecule has 1 aliphatic rings. The molecule has 0 aromatic heterocycles. The van der Waals surface area contributed by atoms with E-state index >= 15 is 0 Å². The first-order valence-corrected chi connectivity index (χ1v) is 8.57. The number of nitrogens with one attached hydrogen (secondary N) is 1. The molecule has 2 aromatic carbocycles. The SMILES string of the molecule is O=C(NN1C(=O)C(=Cc2ccccc2)SC1=S)c1ccccc1[N+](=O)[O-]. The maximum atomic E-state index is 12.5. The Labute approximate surface area is 157 Å². The van der Waals surface area contributed by atoms with E-state index in [2.05, 4.69) is 5.43 Å². The fraction of sp³-hybridized carbons (Fsp3) is 0. The number of carbonyl (C=O) groups is 2. The predicted octanol–water partition coefficient (Wildman–Crippen LogP) is 3.14. The highest BCUT2D eigenvalue weighted by Crippen LogP contribution is 2.31. The molecule has 0 saturated carbocycles. The van der Waals surface area contributed by atoms with E-state index in [1.54, 1.807) is 6.08 Å². The smallest absolute Gasteiger partial charge is 0.267 e. The Hall–Kier alpha value is -3.04. The van der Waals surface area contributed by atoms with Crippen LogP contribution in [0.1, 0.15) is 15.9 Å². The second-order valence-electron chi connectivity index (χ2n) is 5.14. The van der Waals surface area contributed by atoms with Crippen molar-refractivity contribution in [1.82, 2.24) is 10.4 Å². The quantitative estimate of drug-likeness (QED) is 0.376. The first-order valence-electron chi connectivity index (χ1n) is 7.35. The Morgan fingerprint density at radius 2 is 1.81 bits per heavy atom. The van der Waals surface area contributed by atoms with E-state index in [0.29, 0.717) is 4.91 Å². The van der Waals surface area contributed by atoms with Crippen LogP contribution in [0.4, 0.5) is 5.69 Å². The van der Waals surface area contributed by atoms with Gasteiger partial charge in [0.1, 0.15) is 5.56 Å². The van der Waals surface area contributed by atoms with E-state index in [-0.39, 0.29) is 15.6 Å². The van der Waals surface area contributed by atoms with Gasteiger partial charge in [-0.05, 0) is 29.9 Å². The van der Waals surface area contributed by atoms with Crippen molar-refractivity contribution in [1.29, 1.82) is 0 Å². The fourth-order valence-corrected chi connectivity index (χ4v) is 3.43. The number of hydrogen-bond donors (Lipinski definition) is 1. The van der Waals surface area contributed by atoms with Gasteiger partial charge in [-0.2, -0.15) is 5.01 Å². The Bertz CT molecular complexity index is 944. The van der Waals surface area contributed by atoms with Crippen LogP contribution in [-0.2, 0) is 4.79 Å². The lowest BCUT2D eigenvalue weighted by molar-refractivity contribution is -0.385. The number of nitro groups is 1. The highest BCUT2D eigenvalue weighted by Gasteiger charge is 2.34. The van der Waals surface area contributed by atoms with E-state index in [4.69, 9.17) is 12.2 Å². The molecule has 26 heavy (non-hydrogen) atoms. The molecule has 1 N–H and O–H groups in total. The first kappa shape index (κ1) is 17.8. The van der Waals surface area contributed by atoms with Crippen molar-refractivity contribution in [3.8, 4) is 0 Å². The minimum absolute atomic E-state index is 0.143. The first-order chi connectivity index (χ1) is 12.5. The lowest BCUT2D eigenvalue weighted by Gasteiger charge is -2.15. The molecule has 9 heteroatoms. The summed E-state index contributed by atoms with van der Waals surface area (Å²) in [6.07, 6.45) is 1.66. The van der Waals surface area contributed by atoms with E-state index in [1.165, 1.54) is 24.3 Å². The number of hydrazine groups is 1. The predicted molar refractivity (Wildman–Crippen MR) is 102 cm³/mol. The lowest BCUT2D eigenvalue weighted by Crippen LogP contribution is -2.45. The molecule has 0 radical (unpaired) electrons. The maximum absolute atomic E-state index is 12.5. The molecule has 1 saturated heterocycles. The summed E-state index contributed by atoms with van der Waals surface area (Å²) in [5.41, 5.74) is 2.66. The summed E-state index contributed by atoms with van der Waals surface area (Å²) in [6, 6.07) is 14.7. The molecule has 130 valence electrons. The number of para-hydroxylation sites is 1. The number of thioether (sulfide) groups is 1. The molecule has 2 amide bonds. The molecule has 0 unspecified atom stereocenters. The summed E-state index contributed by atoms with van der Waals surface area (Å²) in [5.74, 6) is -1.27. The molecular weight excluding hydrogens is 374 g/mol. The highest BCUT2D eigenvalue weighted by atomic mass is 32.2. The van der Waals surface area contributed by atoms with Crippen LogP contribution in [0.15, 0.2) is 59.5 Å². The second kappa shape index (κ2) is 7.46. The van der Waals surface area contributed by atoms with Gasteiger partial charge in [0.05, 0.1) is 9.83 Å². The van der Waals surface area contributed by atoms with Crippen molar-refractivity contribution in [2.75, 3.05) is 0 Å². The van der Waals surface area contributed by atoms with E-state index < -0.39 is 16.7 Å². The molecule has 0 atom stereocenters. The molecule has 7 nitrogen and oxygen atoms in total. The standard InChI is InChI=1S/C17H11N3O4S2/c21-15(12-8-4-5-9-13(12)20(23)24)18-19-16(22)14(26-17(19)25)10-11-6-2-1-3-7-11/h1-10H,(H,18,21). The Balaban J connectivity index is 1.82. The van der Waals surface area contributed by atoms with Gasteiger partial charge >= 0.3 is 0 Å². The Kier molecular flexibility index (Phi) is 5.10. The van der Waals surface area contributed by atoms with Gasteiger partial charge < -0.3 is 0 Å². The number of hydrogen-bond acceptors (Lipinski definition) is 6. The second-order valence-corrected chi connectivity index (χ2v) is 6.82. The molecule has 0 bridgehead atoms. The zero-order valence-corrected chi connectivity index (χ0v) is 14.8. The van der Waals surface area contributed by atoms with Crippen LogP contribution in [-0.4, -0.2) is 26.1 Å². The highest BCUT2D eigenvalue weighted by molar-refractivity contribution is 8.26. The van der Waals surface area contributed by atoms with Gasteiger partial charge in [0, 0.05) is 6.07 Å². The van der Waals surface area contributed by atoms with Crippen LogP contribution in [0.2, 0.25) is 0 Å². The topological polar surface area (TPSA) is 92.6 Å². The van der Waals surface area contributed by atoms with E-state index in [9.17, 15) is 19.7 Å². The van der Waals surface area contributed by atoms with Crippen molar-refractivity contribution >= 4 is 51.9 Å². The largest absolute Gasteiger partial charge is 0.285 e. The van der Waals surface area contributed by atoms with Crippen LogP contribution in [0.5, 0.6) is 0 Å². The zero-order valence-electron chi connectivity index (χ0n) is 13.1. The summed E-state index contributed by atoms with van der Waals surface area (Å²) < 4.78 is 0.143. The van der Waals surface area contributed by atoms with E-state index in [1.807, 2.05) is 30.3 Å². The zero-order chi connectivity index (χ0) is 18.7. The van der Waals surface area contributed by atoms with Crippen LogP contribution >= 0.6 is 24.0 Å². The van der Waals surface area contributed by atoms with Gasteiger partial charge in [0.15, 0.2) is 4.32 Å². The van der Waals surface area contributed by atoms with Gasteiger partial charge in [-0.3, -0.25) is 25.1 Å². The Morgan fingerprint density at radius 3 is 2.50 bits per heavy atom. The van der Waals surface area contributed by atoms with Crippen molar-refractivity contribution < 1.29 is 14.5 Å². The summed E-state index contributed by atoms with van der Waals surface area (Å²) in [7, 11) is 0. The molecular formula is C17H11N3O4S2. The normalized spacial score (nSPS) is 15.4. The van der Waals surface area contributed by atoms with Gasteiger partial charge in [0.25, 0.3) is 17.5 Å². The summed E-state index contributed by atoms with van der Waals surface area (Å²) in [5, 5.41) is 12.0. The summed E-state index contributed by atoms with van der Waals surface area (Å²) >= 11 is 6.19. The van der Waals surface area contributed by atoms with Crippen LogP contribution < -0.4 is 5.43 Å². The minimum atomic E-state index is -0.783. The number of thiocarbonyl (C=S) groups is 1. The molecule has 3 rings (SSSR count). The molecule has 0 spiro atoms. The third-order valence-electron chi connectivity index (χ3n) is 3.45. The third-order valence-corrected chi connectivity index (χ3v) is 4.75. The van der Waals surface area contributed by atoms with Crippen LogP contribution in [0.3, 0.4) is 0 Å². The monoisotopic (exact) mass is 385 g/mol. The van der Waals surface area contributed by atoms with Crippen molar-refractivity contribution in [2.45, 2.75) is 0 Å². The van der Waals surface area contributed by atoms with Gasteiger partial charge in [-0.25, -0.2) is 0 Å². The average Bonchev–Trinajstić information content (AvgIpc) is 2.90. The number of carbonyl (C=O) groups excluding carboxylic acids is 2. The molecule has 0 aliphatic carbocycles. The van der Waals surface area contributed by atoms with Crippen molar-refractivity contribution in [3.05, 3.63) is 80.7 Å². The molecule has 1 aliphatic heterocycles. The molecule has 2 aromatic rings. The number of benzene rings is 2. The maximum Gasteiger partial charge on any atom is 0.285 e. The summed E-state index contributed by atoms with van der Waals surface area (Å²) in [6.45, 7) is 0. The average molecular weight is 385 g/mol. The van der Waals surface area contributed by atoms with Crippen molar-refractivity contribution in [3.63, 3.8) is 0 Å². The fourth-order valence-electron chi connectivity index (χ4n) is 2.25. The van der Waals surface area contributed by atoms with Gasteiger partial charge in [0.2, 0.25) is 0 Å². The molecule has 1 heterocycles. The van der Waals surface area contributed by atoms with E-state index in [0.717, 1.165) is 22.3 Å². The molecule has 1 fully saturated rings. The van der Waals surface area contributed by atoms with Crippen LogP contribution in [0.25, 0.3) is 6.08 Å². The van der Waals surface area contributed by atoms with Crippen molar-refractivity contribution in [2.24, 2.45) is 0 Å². The number of rotatable bonds is 4. The number of nitro benzene ring substituents is 1. The lowest BCUT2D eigenvalue weighted by atomic mass is 10.2. The number of amides is 2. The minimum Gasteiger partial charge on any atom is -0.267 e. The third kappa shape index (κ3) is 3.63. The summed E-state index contributed by atoms with van der Waals surface area (Å²) in [4.78, 5) is 35.6. The Morgan fingerprint density at radius 1 is 1.15 bits per heavy atom. The van der Waals surface area contributed by atoms with Gasteiger partial charge in [-0.1, -0.05) is 54.2 Å². The van der Waals surface area contributed by atoms with Crippen LogP contribution in [0, 0.1) is 10.1 Å². The number of nitrogens with zero attached hydrogens (tertiary/aromatic N) is 2. The van der Waals surface area contributed by atoms with Gasteiger partial charge in [-0.15, -0.1) is 0 Å².